The average Bonchev–Trinajstić information content (AvgIpc) is 2.60. The molecular weight excluding hydrogens is 206 g/mol. The molecule has 0 spiro atoms. The molecule has 1 aliphatic heterocycles. The summed E-state index contributed by atoms with van der Waals surface area (Å²) in [6, 6.07) is 7.11. The first-order chi connectivity index (χ1) is 7.61. The molecule has 1 fully saturated rings. The van der Waals surface area contributed by atoms with E-state index in [0.29, 0.717) is 19.6 Å². The van der Waals surface area contributed by atoms with Crippen LogP contribution in [0.2, 0.25) is 0 Å². The summed E-state index contributed by atoms with van der Waals surface area (Å²) in [6.45, 7) is 2.90. The Hall–Kier alpha value is -1.10. The number of aromatic hydroxyl groups is 1. The summed E-state index contributed by atoms with van der Waals surface area (Å²) in [5, 5.41) is 9.37. The lowest BCUT2D eigenvalue weighted by atomic mass is 10.1. The van der Waals surface area contributed by atoms with Gasteiger partial charge in [-0.15, -0.1) is 0 Å². The third-order valence-corrected chi connectivity index (χ3v) is 2.69. The molecule has 2 unspecified atom stereocenters. The molecular formula is C12H17NO3. The molecule has 1 aromatic carbocycles. The molecule has 1 saturated heterocycles. The van der Waals surface area contributed by atoms with Crippen LogP contribution in [0.1, 0.15) is 12.5 Å². The zero-order valence-corrected chi connectivity index (χ0v) is 9.35. The fourth-order valence-electron chi connectivity index (χ4n) is 1.94. The summed E-state index contributed by atoms with van der Waals surface area (Å²) in [6.07, 6.45) is 0.583. The van der Waals surface area contributed by atoms with E-state index < -0.39 is 5.79 Å². The molecule has 1 aliphatic rings. The van der Waals surface area contributed by atoms with Gasteiger partial charge < -0.3 is 20.3 Å². The van der Waals surface area contributed by atoms with Crippen molar-refractivity contribution in [3.05, 3.63) is 29.8 Å². The maximum atomic E-state index is 9.37. The molecule has 88 valence electrons. The zero-order valence-electron chi connectivity index (χ0n) is 9.35. The van der Waals surface area contributed by atoms with Crippen LogP contribution in [0.3, 0.4) is 0 Å². The minimum Gasteiger partial charge on any atom is -0.508 e. The number of nitrogens with two attached hydrogens (primary N) is 1. The van der Waals surface area contributed by atoms with Crippen LogP contribution in [0.5, 0.6) is 5.75 Å². The van der Waals surface area contributed by atoms with Crippen molar-refractivity contribution in [1.29, 1.82) is 0 Å². The van der Waals surface area contributed by atoms with Gasteiger partial charge in [0.1, 0.15) is 5.75 Å². The van der Waals surface area contributed by atoms with Crippen molar-refractivity contribution >= 4 is 0 Å². The molecule has 0 saturated carbocycles. The van der Waals surface area contributed by atoms with Crippen molar-refractivity contribution in [3.63, 3.8) is 0 Å². The molecule has 0 amide bonds. The average molecular weight is 223 g/mol. The van der Waals surface area contributed by atoms with Gasteiger partial charge in [-0.25, -0.2) is 0 Å². The van der Waals surface area contributed by atoms with E-state index in [2.05, 4.69) is 0 Å². The number of phenols is 1. The van der Waals surface area contributed by atoms with Gasteiger partial charge in [0.15, 0.2) is 5.79 Å². The number of ether oxygens (including phenoxy) is 2. The van der Waals surface area contributed by atoms with E-state index in [-0.39, 0.29) is 11.9 Å². The van der Waals surface area contributed by atoms with Crippen LogP contribution in [0.4, 0.5) is 0 Å². The van der Waals surface area contributed by atoms with E-state index in [4.69, 9.17) is 15.2 Å². The van der Waals surface area contributed by atoms with E-state index in [1.54, 1.807) is 12.1 Å². The number of phenolic OH excluding ortho intramolecular Hbond substituents is 1. The summed E-state index contributed by atoms with van der Waals surface area (Å²) in [5.41, 5.74) is 6.51. The maximum Gasteiger partial charge on any atom is 0.170 e. The van der Waals surface area contributed by atoms with Crippen molar-refractivity contribution in [2.45, 2.75) is 25.2 Å². The van der Waals surface area contributed by atoms with Crippen LogP contribution < -0.4 is 5.73 Å². The van der Waals surface area contributed by atoms with Crippen LogP contribution >= 0.6 is 0 Å². The standard InChI is InChI=1S/C12H17NO3/c1-12(15-8-11(7-13)16-12)6-9-3-2-4-10(14)5-9/h2-5,11,14H,6-8,13H2,1H3. The van der Waals surface area contributed by atoms with E-state index in [0.717, 1.165) is 5.56 Å². The minimum absolute atomic E-state index is 0.0256. The van der Waals surface area contributed by atoms with Crippen LogP contribution in [0, 0.1) is 0 Å². The van der Waals surface area contributed by atoms with E-state index >= 15 is 0 Å². The Balaban J connectivity index is 2.04. The highest BCUT2D eigenvalue weighted by molar-refractivity contribution is 5.27. The number of hydrogen-bond acceptors (Lipinski definition) is 4. The first kappa shape index (κ1) is 11.4. The minimum atomic E-state index is -0.627. The smallest absolute Gasteiger partial charge is 0.170 e. The van der Waals surface area contributed by atoms with Crippen molar-refractivity contribution in [2.24, 2.45) is 5.73 Å². The molecule has 1 heterocycles. The van der Waals surface area contributed by atoms with Gasteiger partial charge in [-0.1, -0.05) is 12.1 Å². The monoisotopic (exact) mass is 223 g/mol. The lowest BCUT2D eigenvalue weighted by molar-refractivity contribution is -0.151. The molecule has 0 bridgehead atoms. The molecule has 4 nitrogen and oxygen atoms in total. The predicted molar refractivity (Wildman–Crippen MR) is 60.1 cm³/mol. The summed E-state index contributed by atoms with van der Waals surface area (Å²) >= 11 is 0. The highest BCUT2D eigenvalue weighted by atomic mass is 16.7. The zero-order chi connectivity index (χ0) is 11.6. The second-order valence-electron chi connectivity index (χ2n) is 4.27. The fraction of sp³-hybridized carbons (Fsp3) is 0.500. The fourth-order valence-corrected chi connectivity index (χ4v) is 1.94. The van der Waals surface area contributed by atoms with Gasteiger partial charge in [-0.05, 0) is 24.6 Å². The van der Waals surface area contributed by atoms with Gasteiger partial charge in [0, 0.05) is 13.0 Å². The third kappa shape index (κ3) is 2.52. The van der Waals surface area contributed by atoms with E-state index in [1.165, 1.54) is 0 Å². The second-order valence-corrected chi connectivity index (χ2v) is 4.27. The summed E-state index contributed by atoms with van der Waals surface area (Å²) in [7, 11) is 0. The van der Waals surface area contributed by atoms with Crippen LogP contribution in [-0.4, -0.2) is 30.1 Å². The molecule has 3 N–H and O–H groups in total. The first-order valence-corrected chi connectivity index (χ1v) is 5.41. The normalized spacial score (nSPS) is 29.5. The molecule has 0 radical (unpaired) electrons. The van der Waals surface area contributed by atoms with Gasteiger partial charge >= 0.3 is 0 Å². The van der Waals surface area contributed by atoms with Crippen molar-refractivity contribution < 1.29 is 14.6 Å². The Labute approximate surface area is 95.0 Å². The molecule has 2 atom stereocenters. The summed E-state index contributed by atoms with van der Waals surface area (Å²) in [4.78, 5) is 0. The molecule has 1 aromatic rings. The SMILES string of the molecule is CC1(Cc2cccc(O)c2)OCC(CN)O1. The Morgan fingerprint density at radius 1 is 1.56 bits per heavy atom. The van der Waals surface area contributed by atoms with Gasteiger partial charge in [0.25, 0.3) is 0 Å². The largest absolute Gasteiger partial charge is 0.508 e. The topological polar surface area (TPSA) is 64.7 Å². The van der Waals surface area contributed by atoms with Gasteiger partial charge in [-0.3, -0.25) is 0 Å². The van der Waals surface area contributed by atoms with Gasteiger partial charge in [-0.2, -0.15) is 0 Å². The highest BCUT2D eigenvalue weighted by Gasteiger charge is 2.36. The van der Waals surface area contributed by atoms with Crippen molar-refractivity contribution in [2.75, 3.05) is 13.2 Å². The van der Waals surface area contributed by atoms with Gasteiger partial charge in [0.2, 0.25) is 0 Å². The van der Waals surface area contributed by atoms with Crippen molar-refractivity contribution in [3.8, 4) is 5.75 Å². The lowest BCUT2D eigenvalue weighted by Crippen LogP contribution is -2.31. The molecule has 2 rings (SSSR count). The molecule has 0 aromatic heterocycles. The first-order valence-electron chi connectivity index (χ1n) is 5.41. The molecule has 16 heavy (non-hydrogen) atoms. The Bertz CT molecular complexity index is 369. The van der Waals surface area contributed by atoms with Crippen molar-refractivity contribution in [1.82, 2.24) is 0 Å². The number of rotatable bonds is 3. The Morgan fingerprint density at radius 2 is 2.38 bits per heavy atom. The highest BCUT2D eigenvalue weighted by Crippen LogP contribution is 2.27. The maximum absolute atomic E-state index is 9.37. The number of hydrogen-bond donors (Lipinski definition) is 2. The molecule has 4 heteroatoms. The van der Waals surface area contributed by atoms with Crippen LogP contribution in [0.15, 0.2) is 24.3 Å². The third-order valence-electron chi connectivity index (χ3n) is 2.69. The van der Waals surface area contributed by atoms with E-state index in [1.807, 2.05) is 19.1 Å². The summed E-state index contributed by atoms with van der Waals surface area (Å²) in [5.74, 6) is -0.368. The predicted octanol–water partition coefficient (Wildman–Crippen LogP) is 1.02. The van der Waals surface area contributed by atoms with E-state index in [9.17, 15) is 5.11 Å². The second kappa shape index (κ2) is 4.41. The van der Waals surface area contributed by atoms with Crippen LogP contribution in [0.25, 0.3) is 0 Å². The summed E-state index contributed by atoms with van der Waals surface area (Å²) < 4.78 is 11.3. The quantitative estimate of drug-likeness (QED) is 0.803. The molecule has 0 aliphatic carbocycles. The van der Waals surface area contributed by atoms with Gasteiger partial charge in [0.05, 0.1) is 12.7 Å². The Kier molecular flexibility index (Phi) is 3.14. The number of benzene rings is 1. The lowest BCUT2D eigenvalue weighted by Gasteiger charge is -2.23. The Morgan fingerprint density at radius 3 is 3.00 bits per heavy atom. The van der Waals surface area contributed by atoms with Crippen LogP contribution in [-0.2, 0) is 15.9 Å².